The summed E-state index contributed by atoms with van der Waals surface area (Å²) in [7, 11) is 0. The number of carbonyl (C=O) groups excluding carboxylic acids is 4. The maximum Gasteiger partial charge on any atom is 0.305 e. The number of amides is 4. The van der Waals surface area contributed by atoms with Gasteiger partial charge in [-0.2, -0.15) is 0 Å². The zero-order valence-corrected chi connectivity index (χ0v) is 18.3. The van der Waals surface area contributed by atoms with Crippen LogP contribution in [0.3, 0.4) is 0 Å². The summed E-state index contributed by atoms with van der Waals surface area (Å²) in [5.74, 6) is -3.97. The summed E-state index contributed by atoms with van der Waals surface area (Å²) in [5.41, 5.74) is 10.6. The van der Waals surface area contributed by atoms with Crippen molar-refractivity contribution in [2.24, 2.45) is 22.4 Å². The molecule has 14 heteroatoms. The van der Waals surface area contributed by atoms with Gasteiger partial charge in [-0.3, -0.25) is 29.0 Å². The van der Waals surface area contributed by atoms with Gasteiger partial charge < -0.3 is 37.8 Å². The molecule has 2 bridgehead atoms. The van der Waals surface area contributed by atoms with E-state index in [1.54, 1.807) is 0 Å². The van der Waals surface area contributed by atoms with Crippen molar-refractivity contribution >= 4 is 48.0 Å². The van der Waals surface area contributed by atoms with Crippen molar-refractivity contribution in [3.63, 3.8) is 0 Å². The third-order valence-electron chi connectivity index (χ3n) is 5.18. The van der Waals surface area contributed by atoms with Crippen molar-refractivity contribution in [1.82, 2.24) is 21.3 Å². The summed E-state index contributed by atoms with van der Waals surface area (Å²) in [6.45, 7) is -0.202. The number of hydrogen-bond acceptors (Lipinski definition) is 6. The van der Waals surface area contributed by atoms with Gasteiger partial charge in [-0.15, -0.1) is 12.4 Å². The Hall–Kier alpha value is -3.09. The largest absolute Gasteiger partial charge is 0.481 e. The molecule has 2 rings (SSSR count). The Bertz CT molecular complexity index is 758. The number of nitrogens with two attached hydrogens (primary N) is 2. The minimum Gasteiger partial charge on any atom is -0.481 e. The van der Waals surface area contributed by atoms with Crippen molar-refractivity contribution in [3.8, 4) is 0 Å². The number of aliphatic imine (C=N–C) groups is 1. The minimum atomic E-state index is -1.28. The molecule has 0 unspecified atom stereocenters. The van der Waals surface area contributed by atoms with Gasteiger partial charge in [0.15, 0.2) is 5.96 Å². The summed E-state index contributed by atoms with van der Waals surface area (Å²) in [6.07, 6.45) is 1.47. The molecule has 2 fully saturated rings. The fourth-order valence-corrected chi connectivity index (χ4v) is 3.63. The van der Waals surface area contributed by atoms with Crippen molar-refractivity contribution in [2.45, 2.75) is 56.7 Å². The number of halogens is 1. The van der Waals surface area contributed by atoms with Gasteiger partial charge in [0.25, 0.3) is 0 Å². The molecule has 0 aromatic heterocycles. The van der Waals surface area contributed by atoms with E-state index in [9.17, 15) is 24.0 Å². The number of nitrogens with zero attached hydrogens (tertiary/aromatic N) is 1. The Labute approximate surface area is 190 Å². The van der Waals surface area contributed by atoms with Crippen LogP contribution < -0.4 is 32.7 Å². The first-order valence-electron chi connectivity index (χ1n) is 10.1. The third kappa shape index (κ3) is 8.57. The van der Waals surface area contributed by atoms with Crippen LogP contribution in [0.15, 0.2) is 4.99 Å². The second-order valence-corrected chi connectivity index (χ2v) is 7.66. The van der Waals surface area contributed by atoms with E-state index < -0.39 is 54.7 Å². The van der Waals surface area contributed by atoms with Crippen LogP contribution in [0.4, 0.5) is 0 Å². The topological polar surface area (TPSA) is 218 Å². The molecule has 1 heterocycles. The van der Waals surface area contributed by atoms with Crippen LogP contribution in [-0.2, 0) is 24.0 Å². The molecule has 1 saturated heterocycles. The first-order valence-corrected chi connectivity index (χ1v) is 10.1. The van der Waals surface area contributed by atoms with Crippen molar-refractivity contribution in [1.29, 1.82) is 0 Å². The van der Waals surface area contributed by atoms with Gasteiger partial charge >= 0.3 is 5.97 Å². The highest BCUT2D eigenvalue weighted by Gasteiger charge is 2.35. The van der Waals surface area contributed by atoms with Gasteiger partial charge in [0.1, 0.15) is 12.1 Å². The van der Waals surface area contributed by atoms with E-state index in [4.69, 9.17) is 16.6 Å². The van der Waals surface area contributed by atoms with E-state index in [1.807, 2.05) is 0 Å². The summed E-state index contributed by atoms with van der Waals surface area (Å²) in [6, 6.07) is -2.50. The molecule has 9 N–H and O–H groups in total. The summed E-state index contributed by atoms with van der Waals surface area (Å²) in [4.78, 5) is 64.8. The number of fused-ring (bicyclic) bond motifs is 2. The Kier molecular flexibility index (Phi) is 10.7. The van der Waals surface area contributed by atoms with Gasteiger partial charge in [-0.1, -0.05) is 0 Å². The van der Waals surface area contributed by atoms with E-state index in [0.717, 1.165) is 0 Å². The van der Waals surface area contributed by atoms with Crippen LogP contribution in [0.2, 0.25) is 0 Å². The molecule has 0 aromatic rings. The van der Waals surface area contributed by atoms with Crippen LogP contribution in [0.5, 0.6) is 0 Å². The van der Waals surface area contributed by atoms with Crippen molar-refractivity contribution < 1.29 is 29.1 Å². The molecule has 1 aliphatic heterocycles. The molecule has 32 heavy (non-hydrogen) atoms. The molecule has 4 atom stereocenters. The van der Waals surface area contributed by atoms with Crippen molar-refractivity contribution in [2.75, 3.05) is 13.1 Å². The molecular weight excluding hydrogens is 446 g/mol. The molecule has 4 amide bonds. The highest BCUT2D eigenvalue weighted by molar-refractivity contribution is 5.94. The van der Waals surface area contributed by atoms with Crippen LogP contribution in [-0.4, -0.2) is 71.9 Å². The lowest BCUT2D eigenvalue weighted by Crippen LogP contribution is -2.54. The molecule has 0 radical (unpaired) electrons. The highest BCUT2D eigenvalue weighted by atomic mass is 35.5. The Morgan fingerprint density at radius 3 is 2.38 bits per heavy atom. The molecule has 1 saturated carbocycles. The van der Waals surface area contributed by atoms with Gasteiger partial charge in [0.2, 0.25) is 23.6 Å². The maximum atomic E-state index is 12.7. The monoisotopic (exact) mass is 475 g/mol. The van der Waals surface area contributed by atoms with Crippen LogP contribution in [0, 0.1) is 5.92 Å². The molecule has 1 aliphatic carbocycles. The number of carboxylic acid groups (broad SMARTS) is 1. The number of rotatable bonds is 6. The molecule has 180 valence electrons. The van der Waals surface area contributed by atoms with Gasteiger partial charge in [-0.05, 0) is 32.1 Å². The Balaban J connectivity index is 0.00000512. The van der Waals surface area contributed by atoms with Gasteiger partial charge in [0, 0.05) is 18.5 Å². The third-order valence-corrected chi connectivity index (χ3v) is 5.18. The normalized spacial score (nSPS) is 26.4. The molecule has 2 aliphatic rings. The Morgan fingerprint density at radius 1 is 1.00 bits per heavy atom. The molecular formula is C18H30ClN7O6. The number of aliphatic carboxylic acids is 1. The van der Waals surface area contributed by atoms with Crippen molar-refractivity contribution in [3.05, 3.63) is 0 Å². The zero-order chi connectivity index (χ0) is 23.0. The average molecular weight is 476 g/mol. The zero-order valence-electron chi connectivity index (χ0n) is 17.5. The van der Waals surface area contributed by atoms with Crippen LogP contribution in [0.25, 0.3) is 0 Å². The van der Waals surface area contributed by atoms with Gasteiger partial charge in [-0.25, -0.2) is 0 Å². The van der Waals surface area contributed by atoms with E-state index in [-0.39, 0.29) is 43.3 Å². The summed E-state index contributed by atoms with van der Waals surface area (Å²) >= 11 is 0. The second kappa shape index (κ2) is 12.7. The quantitative estimate of drug-likeness (QED) is 0.121. The van der Waals surface area contributed by atoms with Crippen LogP contribution >= 0.6 is 12.4 Å². The SMILES string of the molecule is Cl.NC(N)=NCCC[C@@H]1NC(=O)[C@H]2CC[C@@H](C2)NC(=O)[C@H](CC(=O)O)NC(=O)CNC1=O. The van der Waals surface area contributed by atoms with E-state index >= 15 is 0 Å². The smallest absolute Gasteiger partial charge is 0.305 e. The van der Waals surface area contributed by atoms with Crippen LogP contribution in [0.1, 0.15) is 38.5 Å². The number of carbonyl (C=O) groups is 5. The van der Waals surface area contributed by atoms with E-state index in [1.165, 1.54) is 0 Å². The number of nitrogens with one attached hydrogen (secondary N) is 4. The summed E-state index contributed by atoms with van der Waals surface area (Å²) in [5, 5.41) is 19.2. The number of carboxylic acids is 1. The van der Waals surface area contributed by atoms with E-state index in [2.05, 4.69) is 26.3 Å². The molecule has 0 aromatic carbocycles. The predicted molar refractivity (Wildman–Crippen MR) is 116 cm³/mol. The summed E-state index contributed by atoms with van der Waals surface area (Å²) < 4.78 is 0. The lowest BCUT2D eigenvalue weighted by Gasteiger charge is -2.23. The fraction of sp³-hybridized carbons (Fsp3) is 0.667. The second-order valence-electron chi connectivity index (χ2n) is 7.66. The number of guanidine groups is 1. The first-order chi connectivity index (χ1) is 14.7. The standard InChI is InChI=1S/C18H29N7O6.ClH/c19-18(20)21-5-1-2-11-16(30)22-8-13(26)24-12(7-14(27)28)17(31)23-10-4-3-9(6-10)15(29)25-11;/h9-12H,1-8H2,(H,22,30)(H,23,31)(H,24,26)(H,25,29)(H,27,28)(H4,19,20,21);1H/t9-,10-,11-,12-;/m0./s1. The number of hydrogen-bond donors (Lipinski definition) is 7. The Morgan fingerprint density at radius 2 is 1.72 bits per heavy atom. The first kappa shape index (κ1) is 26.9. The lowest BCUT2D eigenvalue weighted by atomic mass is 10.0. The predicted octanol–water partition coefficient (Wildman–Crippen LogP) is -2.68. The highest BCUT2D eigenvalue weighted by Crippen LogP contribution is 2.26. The lowest BCUT2D eigenvalue weighted by molar-refractivity contribution is -0.141. The van der Waals surface area contributed by atoms with E-state index in [0.29, 0.717) is 25.7 Å². The maximum absolute atomic E-state index is 12.7. The fourth-order valence-electron chi connectivity index (χ4n) is 3.63. The van der Waals surface area contributed by atoms with Gasteiger partial charge in [0.05, 0.1) is 13.0 Å². The minimum absolute atomic E-state index is 0. The average Bonchev–Trinajstić information content (AvgIpc) is 3.15. The molecule has 13 nitrogen and oxygen atoms in total. The molecule has 0 spiro atoms.